The highest BCUT2D eigenvalue weighted by atomic mass is 127. The fourth-order valence-corrected chi connectivity index (χ4v) is 3.54. The summed E-state index contributed by atoms with van der Waals surface area (Å²) in [5.41, 5.74) is 5.42. The first-order chi connectivity index (χ1) is 16.0. The molecule has 3 rings (SSSR count). The Morgan fingerprint density at radius 2 is 1.74 bits per heavy atom. The summed E-state index contributed by atoms with van der Waals surface area (Å²) in [6.07, 6.45) is 0. The molecular formula is C26H37IN6O. The molecular weight excluding hydrogens is 539 g/mol. The lowest BCUT2D eigenvalue weighted by molar-refractivity contribution is 0.259. The lowest BCUT2D eigenvalue weighted by Crippen LogP contribution is -2.37. The van der Waals surface area contributed by atoms with Crippen LogP contribution in [0.3, 0.4) is 0 Å². The Bertz CT molecular complexity index is 1060. The molecule has 0 aliphatic carbocycles. The van der Waals surface area contributed by atoms with Gasteiger partial charge in [-0.25, -0.2) is 9.67 Å². The molecule has 0 amide bonds. The Morgan fingerprint density at radius 1 is 1.03 bits per heavy atom. The van der Waals surface area contributed by atoms with Crippen LogP contribution in [0, 0.1) is 13.8 Å². The molecule has 0 aliphatic heterocycles. The Hall–Kier alpha value is -2.59. The number of ether oxygens (including phenoxy) is 1. The third-order valence-corrected chi connectivity index (χ3v) is 5.20. The maximum atomic E-state index is 5.99. The highest BCUT2D eigenvalue weighted by Gasteiger charge is 2.10. The molecule has 2 N–H and O–H groups in total. The van der Waals surface area contributed by atoms with Crippen molar-refractivity contribution in [2.45, 2.75) is 33.9 Å². The monoisotopic (exact) mass is 576 g/mol. The quantitative estimate of drug-likeness (QED) is 0.214. The molecule has 3 aromatic rings. The molecule has 184 valence electrons. The van der Waals surface area contributed by atoms with Crippen LogP contribution in [0.15, 0.2) is 59.6 Å². The van der Waals surface area contributed by atoms with Gasteiger partial charge in [-0.3, -0.25) is 0 Å². The van der Waals surface area contributed by atoms with E-state index in [0.29, 0.717) is 19.7 Å². The highest BCUT2D eigenvalue weighted by Crippen LogP contribution is 2.19. The van der Waals surface area contributed by atoms with E-state index in [1.165, 1.54) is 0 Å². The molecule has 0 spiro atoms. The van der Waals surface area contributed by atoms with Crippen molar-refractivity contribution >= 4 is 29.9 Å². The summed E-state index contributed by atoms with van der Waals surface area (Å²) in [7, 11) is 4.09. The van der Waals surface area contributed by atoms with Gasteiger partial charge < -0.3 is 20.3 Å². The summed E-state index contributed by atoms with van der Waals surface area (Å²) in [4.78, 5) is 6.92. The Morgan fingerprint density at radius 3 is 2.41 bits per heavy atom. The minimum atomic E-state index is 0. The van der Waals surface area contributed by atoms with Gasteiger partial charge in [-0.05, 0) is 58.6 Å². The molecule has 1 heterocycles. The summed E-state index contributed by atoms with van der Waals surface area (Å²) < 4.78 is 7.98. The average molecular weight is 577 g/mol. The third-order valence-electron chi connectivity index (χ3n) is 5.20. The number of halogens is 1. The largest absolute Gasteiger partial charge is 0.492 e. The smallest absolute Gasteiger partial charge is 0.191 e. The van der Waals surface area contributed by atoms with Gasteiger partial charge in [0.15, 0.2) is 5.96 Å². The number of aromatic nitrogens is 2. The molecule has 0 atom stereocenters. The molecule has 0 saturated carbocycles. The molecule has 34 heavy (non-hydrogen) atoms. The fourth-order valence-electron chi connectivity index (χ4n) is 3.54. The summed E-state index contributed by atoms with van der Waals surface area (Å²) in [5, 5.41) is 11.5. The predicted molar refractivity (Wildman–Crippen MR) is 151 cm³/mol. The standard InChI is InChI=1S/C26H36N6O.HI/c1-6-27-26(29-19-23-12-8-10-14-25(23)33-16-15-31(4)5)28-18-22-11-7-9-13-24(22)32-21(3)17-20(2)30-32;/h7-14,17H,6,15-16,18-19H2,1-5H3,(H2,27,28,29);1H. The van der Waals surface area contributed by atoms with Crippen LogP contribution in [0.4, 0.5) is 0 Å². The Kier molecular flexibility index (Phi) is 11.4. The van der Waals surface area contributed by atoms with Crippen LogP contribution >= 0.6 is 24.0 Å². The highest BCUT2D eigenvalue weighted by molar-refractivity contribution is 14.0. The Balaban J connectivity index is 0.00000408. The van der Waals surface area contributed by atoms with Crippen molar-refractivity contribution in [3.63, 3.8) is 0 Å². The first-order valence-corrected chi connectivity index (χ1v) is 11.5. The van der Waals surface area contributed by atoms with Crippen LogP contribution in [0.5, 0.6) is 5.75 Å². The normalized spacial score (nSPS) is 11.3. The van der Waals surface area contributed by atoms with Gasteiger partial charge in [0.1, 0.15) is 12.4 Å². The second-order valence-electron chi connectivity index (χ2n) is 8.28. The van der Waals surface area contributed by atoms with Crippen LogP contribution in [-0.2, 0) is 13.1 Å². The lowest BCUT2D eigenvalue weighted by Gasteiger charge is -2.16. The zero-order valence-corrected chi connectivity index (χ0v) is 23.2. The van der Waals surface area contributed by atoms with E-state index in [2.05, 4.69) is 64.8 Å². The fraction of sp³-hybridized carbons (Fsp3) is 0.385. The number of aryl methyl sites for hydroxylation is 2. The van der Waals surface area contributed by atoms with Crippen molar-refractivity contribution in [2.24, 2.45) is 4.99 Å². The van der Waals surface area contributed by atoms with Crippen molar-refractivity contribution in [1.82, 2.24) is 25.3 Å². The van der Waals surface area contributed by atoms with Crippen LogP contribution in [0.2, 0.25) is 0 Å². The van der Waals surface area contributed by atoms with E-state index in [0.717, 1.165) is 53.0 Å². The number of nitrogens with zero attached hydrogens (tertiary/aromatic N) is 4. The number of para-hydroxylation sites is 2. The first-order valence-electron chi connectivity index (χ1n) is 11.5. The molecule has 7 nitrogen and oxygen atoms in total. The third kappa shape index (κ3) is 8.02. The van der Waals surface area contributed by atoms with Crippen molar-refractivity contribution < 1.29 is 4.74 Å². The van der Waals surface area contributed by atoms with Gasteiger partial charge >= 0.3 is 0 Å². The van der Waals surface area contributed by atoms with Gasteiger partial charge in [0.2, 0.25) is 0 Å². The molecule has 8 heteroatoms. The number of guanidine groups is 1. The molecule has 0 saturated heterocycles. The van der Waals surface area contributed by atoms with Gasteiger partial charge in [0, 0.05) is 30.9 Å². The topological polar surface area (TPSA) is 66.7 Å². The second-order valence-corrected chi connectivity index (χ2v) is 8.28. The molecule has 1 aromatic heterocycles. The molecule has 0 aliphatic rings. The van der Waals surface area contributed by atoms with Crippen LogP contribution < -0.4 is 15.4 Å². The average Bonchev–Trinajstić information content (AvgIpc) is 3.14. The molecule has 0 unspecified atom stereocenters. The van der Waals surface area contributed by atoms with Gasteiger partial charge in [-0.15, -0.1) is 24.0 Å². The molecule has 0 radical (unpaired) electrons. The van der Waals surface area contributed by atoms with E-state index >= 15 is 0 Å². The predicted octanol–water partition coefficient (Wildman–Crippen LogP) is 4.30. The van der Waals surface area contributed by atoms with Crippen LogP contribution in [0.1, 0.15) is 29.4 Å². The SMILES string of the molecule is CCNC(=NCc1ccccc1OCCN(C)C)NCc1ccccc1-n1nc(C)cc1C.I. The van der Waals surface area contributed by atoms with Crippen molar-refractivity contribution in [1.29, 1.82) is 0 Å². The van der Waals surface area contributed by atoms with E-state index in [1.54, 1.807) is 0 Å². The zero-order valence-electron chi connectivity index (χ0n) is 20.8. The van der Waals surface area contributed by atoms with E-state index in [-0.39, 0.29) is 24.0 Å². The van der Waals surface area contributed by atoms with E-state index < -0.39 is 0 Å². The number of hydrogen-bond donors (Lipinski definition) is 2. The number of rotatable bonds is 10. The maximum absolute atomic E-state index is 5.99. The second kappa shape index (κ2) is 14.0. The van der Waals surface area contributed by atoms with E-state index in [9.17, 15) is 0 Å². The van der Waals surface area contributed by atoms with E-state index in [4.69, 9.17) is 9.73 Å². The van der Waals surface area contributed by atoms with E-state index in [1.807, 2.05) is 50.0 Å². The van der Waals surface area contributed by atoms with Crippen LogP contribution in [0.25, 0.3) is 5.69 Å². The minimum Gasteiger partial charge on any atom is -0.492 e. The molecule has 0 fully saturated rings. The number of aliphatic imine (C=N–C) groups is 1. The first kappa shape index (κ1) is 27.7. The van der Waals surface area contributed by atoms with Gasteiger partial charge in [0.05, 0.1) is 17.9 Å². The summed E-state index contributed by atoms with van der Waals surface area (Å²) in [6, 6.07) is 18.5. The maximum Gasteiger partial charge on any atom is 0.191 e. The number of nitrogens with one attached hydrogen (secondary N) is 2. The van der Waals surface area contributed by atoms with Crippen molar-refractivity contribution in [2.75, 3.05) is 33.8 Å². The molecule has 2 aromatic carbocycles. The summed E-state index contributed by atoms with van der Waals surface area (Å²) in [5.74, 6) is 1.65. The minimum absolute atomic E-state index is 0. The summed E-state index contributed by atoms with van der Waals surface area (Å²) >= 11 is 0. The van der Waals surface area contributed by atoms with Crippen molar-refractivity contribution in [3.05, 3.63) is 77.1 Å². The number of likely N-dealkylation sites (N-methyl/N-ethyl adjacent to an activating group) is 1. The molecule has 0 bridgehead atoms. The zero-order chi connectivity index (χ0) is 23.6. The van der Waals surface area contributed by atoms with Crippen LogP contribution in [-0.4, -0.2) is 54.4 Å². The van der Waals surface area contributed by atoms with Gasteiger partial charge in [0.25, 0.3) is 0 Å². The van der Waals surface area contributed by atoms with Gasteiger partial charge in [-0.2, -0.15) is 5.10 Å². The number of hydrogen-bond acceptors (Lipinski definition) is 4. The Labute approximate surface area is 220 Å². The van der Waals surface area contributed by atoms with Gasteiger partial charge in [-0.1, -0.05) is 36.4 Å². The van der Waals surface area contributed by atoms with Crippen molar-refractivity contribution in [3.8, 4) is 11.4 Å². The lowest BCUT2D eigenvalue weighted by atomic mass is 10.1. The summed E-state index contributed by atoms with van der Waals surface area (Å²) in [6.45, 7) is 9.64. The number of benzene rings is 2.